The predicted molar refractivity (Wildman–Crippen MR) is 86.2 cm³/mol. The second-order valence-electron chi connectivity index (χ2n) is 5.84. The average Bonchev–Trinajstić information content (AvgIpc) is 3.10. The molecule has 1 aliphatic carbocycles. The van der Waals surface area contributed by atoms with Crippen molar-refractivity contribution >= 4 is 27.7 Å². The van der Waals surface area contributed by atoms with Gasteiger partial charge in [-0.3, -0.25) is 0 Å². The van der Waals surface area contributed by atoms with Crippen molar-refractivity contribution in [3.63, 3.8) is 0 Å². The molecular formula is C15H23BrN4. The zero-order valence-corrected chi connectivity index (χ0v) is 13.7. The molecule has 3 rings (SSSR count). The van der Waals surface area contributed by atoms with Crippen LogP contribution in [0, 0.1) is 5.92 Å². The largest absolute Gasteiger partial charge is 0.354 e. The standard InChI is InChI=1S/C15H23BrN4/c1-2-17-15-18-10-12(16)14(19-15)20-9-5-8-13(20)11-6-3-4-7-11/h10-11,13H,2-9H2,1H3,(H,17,18,19). The Kier molecular flexibility index (Phi) is 4.44. The van der Waals surface area contributed by atoms with Gasteiger partial charge < -0.3 is 10.2 Å². The molecule has 1 aromatic heterocycles. The fourth-order valence-corrected chi connectivity index (χ4v) is 4.11. The van der Waals surface area contributed by atoms with Gasteiger partial charge in [-0.1, -0.05) is 12.8 Å². The summed E-state index contributed by atoms with van der Waals surface area (Å²) in [6.07, 6.45) is 10.1. The van der Waals surface area contributed by atoms with Gasteiger partial charge in [0.25, 0.3) is 0 Å². The van der Waals surface area contributed by atoms with Crippen LogP contribution in [0.1, 0.15) is 45.4 Å². The van der Waals surface area contributed by atoms with E-state index in [-0.39, 0.29) is 0 Å². The van der Waals surface area contributed by atoms with Crippen LogP contribution in [0.15, 0.2) is 10.7 Å². The van der Waals surface area contributed by atoms with Crippen molar-refractivity contribution in [2.24, 2.45) is 5.92 Å². The molecule has 110 valence electrons. The van der Waals surface area contributed by atoms with Crippen molar-refractivity contribution in [1.29, 1.82) is 0 Å². The third kappa shape index (κ3) is 2.78. The van der Waals surface area contributed by atoms with Crippen LogP contribution >= 0.6 is 15.9 Å². The van der Waals surface area contributed by atoms with Gasteiger partial charge in [-0.05, 0) is 54.5 Å². The van der Waals surface area contributed by atoms with Crippen molar-refractivity contribution in [3.05, 3.63) is 10.7 Å². The number of halogens is 1. The number of rotatable bonds is 4. The second-order valence-corrected chi connectivity index (χ2v) is 6.70. The summed E-state index contributed by atoms with van der Waals surface area (Å²) >= 11 is 3.63. The SMILES string of the molecule is CCNc1ncc(Br)c(N2CCCC2C2CCCC2)n1. The molecule has 0 aromatic carbocycles. The molecule has 20 heavy (non-hydrogen) atoms. The van der Waals surface area contributed by atoms with Crippen molar-refractivity contribution in [2.45, 2.75) is 51.5 Å². The van der Waals surface area contributed by atoms with Gasteiger partial charge in [-0.25, -0.2) is 4.98 Å². The maximum Gasteiger partial charge on any atom is 0.224 e. The molecule has 1 N–H and O–H groups in total. The van der Waals surface area contributed by atoms with Crippen molar-refractivity contribution in [1.82, 2.24) is 9.97 Å². The van der Waals surface area contributed by atoms with Crippen molar-refractivity contribution < 1.29 is 0 Å². The van der Waals surface area contributed by atoms with Crippen molar-refractivity contribution in [2.75, 3.05) is 23.3 Å². The molecule has 0 amide bonds. The number of nitrogens with one attached hydrogen (secondary N) is 1. The van der Waals surface area contributed by atoms with E-state index >= 15 is 0 Å². The Morgan fingerprint density at radius 1 is 1.30 bits per heavy atom. The number of hydrogen-bond donors (Lipinski definition) is 1. The Hall–Kier alpha value is -0.840. The molecule has 0 bridgehead atoms. The molecule has 1 saturated carbocycles. The molecule has 0 spiro atoms. The van der Waals surface area contributed by atoms with E-state index in [0.717, 1.165) is 35.2 Å². The smallest absolute Gasteiger partial charge is 0.224 e. The second kappa shape index (κ2) is 6.29. The quantitative estimate of drug-likeness (QED) is 0.905. The number of anilines is 2. The van der Waals surface area contributed by atoms with Crippen LogP contribution in [0.5, 0.6) is 0 Å². The molecule has 1 saturated heterocycles. The molecule has 5 heteroatoms. The number of nitrogens with zero attached hydrogens (tertiary/aromatic N) is 3. The van der Waals surface area contributed by atoms with Crippen LogP contribution in [0.2, 0.25) is 0 Å². The highest BCUT2D eigenvalue weighted by atomic mass is 79.9. The molecule has 0 radical (unpaired) electrons. The molecule has 2 aliphatic rings. The summed E-state index contributed by atoms with van der Waals surface area (Å²) in [6, 6.07) is 0.679. The first-order chi connectivity index (χ1) is 9.79. The van der Waals surface area contributed by atoms with Crippen LogP contribution in [0.25, 0.3) is 0 Å². The summed E-state index contributed by atoms with van der Waals surface area (Å²) < 4.78 is 1.02. The minimum atomic E-state index is 0.679. The molecule has 1 atom stereocenters. The zero-order valence-electron chi connectivity index (χ0n) is 12.1. The molecule has 1 aliphatic heterocycles. The lowest BCUT2D eigenvalue weighted by Gasteiger charge is -2.31. The number of hydrogen-bond acceptors (Lipinski definition) is 4. The van der Waals surface area contributed by atoms with E-state index in [1.165, 1.54) is 38.5 Å². The van der Waals surface area contributed by atoms with Gasteiger partial charge in [0.15, 0.2) is 0 Å². The van der Waals surface area contributed by atoms with E-state index < -0.39 is 0 Å². The Bertz CT molecular complexity index is 459. The molecule has 2 fully saturated rings. The Balaban J connectivity index is 1.84. The fraction of sp³-hybridized carbons (Fsp3) is 0.733. The Morgan fingerprint density at radius 3 is 2.85 bits per heavy atom. The monoisotopic (exact) mass is 338 g/mol. The van der Waals surface area contributed by atoms with E-state index in [4.69, 9.17) is 4.98 Å². The first kappa shape index (κ1) is 14.1. The summed E-state index contributed by atoms with van der Waals surface area (Å²) in [6.45, 7) is 4.05. The highest BCUT2D eigenvalue weighted by molar-refractivity contribution is 9.10. The third-order valence-corrected chi connectivity index (χ3v) is 5.14. The summed E-state index contributed by atoms with van der Waals surface area (Å²) in [7, 11) is 0. The molecule has 4 nitrogen and oxygen atoms in total. The minimum absolute atomic E-state index is 0.679. The van der Waals surface area contributed by atoms with Crippen LogP contribution in [-0.4, -0.2) is 29.1 Å². The van der Waals surface area contributed by atoms with E-state index in [0.29, 0.717) is 6.04 Å². The lowest BCUT2D eigenvalue weighted by atomic mass is 9.96. The number of aromatic nitrogens is 2. The Labute approximate surface area is 129 Å². The van der Waals surface area contributed by atoms with Gasteiger partial charge in [0.2, 0.25) is 5.95 Å². The maximum absolute atomic E-state index is 4.72. The van der Waals surface area contributed by atoms with E-state index in [1.54, 1.807) is 0 Å². The van der Waals surface area contributed by atoms with Crippen molar-refractivity contribution in [3.8, 4) is 0 Å². The van der Waals surface area contributed by atoms with E-state index in [9.17, 15) is 0 Å². The zero-order chi connectivity index (χ0) is 13.9. The van der Waals surface area contributed by atoms with Gasteiger partial charge in [-0.15, -0.1) is 0 Å². The summed E-state index contributed by atoms with van der Waals surface area (Å²) in [5.74, 6) is 2.68. The van der Waals surface area contributed by atoms with E-state index in [1.807, 2.05) is 6.20 Å². The normalized spacial score (nSPS) is 23.5. The first-order valence-corrected chi connectivity index (χ1v) is 8.62. The lowest BCUT2D eigenvalue weighted by molar-refractivity contribution is 0.429. The summed E-state index contributed by atoms with van der Waals surface area (Å²) in [5.41, 5.74) is 0. The highest BCUT2D eigenvalue weighted by Crippen LogP contribution is 2.39. The summed E-state index contributed by atoms with van der Waals surface area (Å²) in [4.78, 5) is 11.6. The topological polar surface area (TPSA) is 41.1 Å². The lowest BCUT2D eigenvalue weighted by Crippen LogP contribution is -2.35. The van der Waals surface area contributed by atoms with Gasteiger partial charge >= 0.3 is 0 Å². The van der Waals surface area contributed by atoms with E-state index in [2.05, 4.69) is 38.1 Å². The molecule has 2 heterocycles. The first-order valence-electron chi connectivity index (χ1n) is 7.82. The van der Waals surface area contributed by atoms with Gasteiger partial charge in [-0.2, -0.15) is 4.98 Å². The third-order valence-electron chi connectivity index (χ3n) is 4.58. The van der Waals surface area contributed by atoms with Crippen LogP contribution in [0.3, 0.4) is 0 Å². The van der Waals surface area contributed by atoms with Gasteiger partial charge in [0.1, 0.15) is 5.82 Å². The summed E-state index contributed by atoms with van der Waals surface area (Å²) in [5, 5.41) is 3.21. The fourth-order valence-electron chi connectivity index (χ4n) is 3.69. The van der Waals surface area contributed by atoms with Crippen LogP contribution in [-0.2, 0) is 0 Å². The highest BCUT2D eigenvalue weighted by Gasteiger charge is 2.34. The molecular weight excluding hydrogens is 316 g/mol. The molecule has 1 aromatic rings. The maximum atomic E-state index is 4.72. The van der Waals surface area contributed by atoms with Gasteiger partial charge in [0.05, 0.1) is 4.47 Å². The minimum Gasteiger partial charge on any atom is -0.354 e. The van der Waals surface area contributed by atoms with Crippen LogP contribution in [0.4, 0.5) is 11.8 Å². The van der Waals surface area contributed by atoms with Gasteiger partial charge in [0, 0.05) is 25.3 Å². The molecule has 1 unspecified atom stereocenters. The van der Waals surface area contributed by atoms with Crippen LogP contribution < -0.4 is 10.2 Å². The average molecular weight is 339 g/mol. The Morgan fingerprint density at radius 2 is 2.10 bits per heavy atom. The predicted octanol–water partition coefficient (Wildman–Crippen LogP) is 3.83.